The third-order valence-corrected chi connectivity index (χ3v) is 2.87. The van der Waals surface area contributed by atoms with Gasteiger partial charge in [-0.05, 0) is 12.1 Å². The zero-order valence-electron chi connectivity index (χ0n) is 8.31. The number of halogens is 1. The highest BCUT2D eigenvalue weighted by atomic mass is 79.9. The van der Waals surface area contributed by atoms with Crippen LogP contribution in [0.1, 0.15) is 0 Å². The van der Waals surface area contributed by atoms with Crippen LogP contribution < -0.4 is 4.74 Å². The van der Waals surface area contributed by atoms with E-state index in [2.05, 4.69) is 20.9 Å². The predicted octanol–water partition coefficient (Wildman–Crippen LogP) is 2.91. The lowest BCUT2D eigenvalue weighted by Gasteiger charge is -2.04. The highest BCUT2D eigenvalue weighted by Crippen LogP contribution is 2.33. The smallest absolute Gasteiger partial charge is 0.299 e. The minimum Gasteiger partial charge on any atom is -0.496 e. The second kappa shape index (κ2) is 4.05. The molecule has 0 saturated heterocycles. The molecule has 1 aromatic carbocycles. The van der Waals surface area contributed by atoms with Crippen molar-refractivity contribution in [2.24, 2.45) is 0 Å². The lowest BCUT2D eigenvalue weighted by molar-refractivity contribution is -0.383. The van der Waals surface area contributed by atoms with Crippen molar-refractivity contribution in [2.75, 3.05) is 7.11 Å². The van der Waals surface area contributed by atoms with Gasteiger partial charge in [0, 0.05) is 16.1 Å². The quantitative estimate of drug-likeness (QED) is 0.628. The molecule has 0 aliphatic heterocycles. The first-order chi connectivity index (χ1) is 7.63. The molecule has 2 aromatic rings. The summed E-state index contributed by atoms with van der Waals surface area (Å²) in [6.45, 7) is 0. The fourth-order valence-electron chi connectivity index (χ4n) is 1.44. The standard InChI is InChI=1S/C10H7BrN2O3/c1-16-6-4-7-8(11)2-3-12-10(7)9(5-6)13(14)15/h2-5H,1H3. The van der Waals surface area contributed by atoms with Crippen LogP contribution in [0.2, 0.25) is 0 Å². The highest BCUT2D eigenvalue weighted by molar-refractivity contribution is 9.10. The van der Waals surface area contributed by atoms with Crippen LogP contribution in [0.3, 0.4) is 0 Å². The van der Waals surface area contributed by atoms with Crippen molar-refractivity contribution >= 4 is 32.5 Å². The van der Waals surface area contributed by atoms with Crippen LogP contribution in [0.5, 0.6) is 5.75 Å². The number of fused-ring (bicyclic) bond motifs is 1. The molecule has 0 fully saturated rings. The van der Waals surface area contributed by atoms with E-state index < -0.39 is 4.92 Å². The molecule has 0 aliphatic carbocycles. The van der Waals surface area contributed by atoms with Crippen LogP contribution in [-0.2, 0) is 0 Å². The number of hydrogen-bond acceptors (Lipinski definition) is 4. The van der Waals surface area contributed by atoms with E-state index in [0.717, 1.165) is 4.47 Å². The number of nitro groups is 1. The molecule has 0 radical (unpaired) electrons. The summed E-state index contributed by atoms with van der Waals surface area (Å²) in [7, 11) is 1.47. The Bertz CT molecular complexity index is 571. The number of non-ortho nitro benzene ring substituents is 1. The van der Waals surface area contributed by atoms with Crippen LogP contribution >= 0.6 is 15.9 Å². The molecular weight excluding hydrogens is 276 g/mol. The number of nitro benzene ring substituents is 1. The van der Waals surface area contributed by atoms with Gasteiger partial charge in [0.05, 0.1) is 18.1 Å². The van der Waals surface area contributed by atoms with E-state index >= 15 is 0 Å². The third kappa shape index (κ3) is 1.71. The van der Waals surface area contributed by atoms with Gasteiger partial charge in [0.2, 0.25) is 0 Å². The van der Waals surface area contributed by atoms with Gasteiger partial charge in [-0.1, -0.05) is 15.9 Å². The van der Waals surface area contributed by atoms with Crippen molar-refractivity contribution in [1.29, 1.82) is 0 Å². The van der Waals surface area contributed by atoms with Gasteiger partial charge in [0.1, 0.15) is 11.3 Å². The van der Waals surface area contributed by atoms with Gasteiger partial charge < -0.3 is 4.74 Å². The molecule has 0 bridgehead atoms. The van der Waals surface area contributed by atoms with Crippen LogP contribution in [-0.4, -0.2) is 17.0 Å². The first kappa shape index (κ1) is 10.8. The van der Waals surface area contributed by atoms with Crippen LogP contribution in [0.4, 0.5) is 5.69 Å². The molecule has 0 atom stereocenters. The fraction of sp³-hybridized carbons (Fsp3) is 0.100. The Morgan fingerprint density at radius 3 is 2.88 bits per heavy atom. The van der Waals surface area contributed by atoms with Gasteiger partial charge >= 0.3 is 0 Å². The Morgan fingerprint density at radius 2 is 2.25 bits per heavy atom. The molecule has 5 nitrogen and oxygen atoms in total. The first-order valence-electron chi connectivity index (χ1n) is 4.40. The maximum absolute atomic E-state index is 10.9. The van der Waals surface area contributed by atoms with Crippen molar-refractivity contribution in [3.63, 3.8) is 0 Å². The highest BCUT2D eigenvalue weighted by Gasteiger charge is 2.16. The normalized spacial score (nSPS) is 10.4. The molecule has 0 saturated carbocycles. The average Bonchev–Trinajstić information content (AvgIpc) is 2.28. The molecule has 0 N–H and O–H groups in total. The Hall–Kier alpha value is -1.69. The minimum absolute atomic E-state index is 0.0596. The van der Waals surface area contributed by atoms with Crippen LogP contribution in [0.15, 0.2) is 28.9 Å². The molecule has 0 unspecified atom stereocenters. The van der Waals surface area contributed by atoms with E-state index in [1.807, 2.05) is 0 Å². The molecule has 2 rings (SSSR count). The summed E-state index contributed by atoms with van der Waals surface area (Å²) in [5.74, 6) is 0.438. The Morgan fingerprint density at radius 1 is 1.50 bits per heavy atom. The predicted molar refractivity (Wildman–Crippen MR) is 62.6 cm³/mol. The number of aromatic nitrogens is 1. The summed E-state index contributed by atoms with van der Waals surface area (Å²) in [4.78, 5) is 14.4. The zero-order valence-corrected chi connectivity index (χ0v) is 9.89. The van der Waals surface area contributed by atoms with Gasteiger partial charge in [-0.25, -0.2) is 4.98 Å². The molecule has 6 heteroatoms. The number of benzene rings is 1. The molecule has 0 amide bonds. The second-order valence-electron chi connectivity index (χ2n) is 3.09. The fourth-order valence-corrected chi connectivity index (χ4v) is 1.86. The van der Waals surface area contributed by atoms with Crippen molar-refractivity contribution in [2.45, 2.75) is 0 Å². The maximum atomic E-state index is 10.9. The number of hydrogen-bond donors (Lipinski definition) is 0. The van der Waals surface area contributed by atoms with Crippen LogP contribution in [0, 0.1) is 10.1 Å². The summed E-state index contributed by atoms with van der Waals surface area (Å²) in [5, 5.41) is 11.5. The topological polar surface area (TPSA) is 65.3 Å². The SMILES string of the molecule is COc1cc([N+](=O)[O-])c2nccc(Br)c2c1. The molecular formula is C10H7BrN2O3. The Balaban J connectivity index is 2.87. The maximum Gasteiger partial charge on any atom is 0.299 e. The molecule has 0 spiro atoms. The van der Waals surface area contributed by atoms with E-state index in [9.17, 15) is 10.1 Å². The van der Waals surface area contributed by atoms with Gasteiger partial charge in [-0.3, -0.25) is 10.1 Å². The Kier molecular flexibility index (Phi) is 2.74. The summed E-state index contributed by atoms with van der Waals surface area (Å²) < 4.78 is 5.76. The molecule has 16 heavy (non-hydrogen) atoms. The van der Waals surface area contributed by atoms with Crippen molar-refractivity contribution in [1.82, 2.24) is 4.98 Å². The zero-order chi connectivity index (χ0) is 11.7. The third-order valence-electron chi connectivity index (χ3n) is 2.18. The monoisotopic (exact) mass is 282 g/mol. The van der Waals surface area contributed by atoms with E-state index in [1.54, 1.807) is 12.1 Å². The summed E-state index contributed by atoms with van der Waals surface area (Å²) >= 11 is 3.33. The van der Waals surface area contributed by atoms with E-state index in [4.69, 9.17) is 4.74 Å². The van der Waals surface area contributed by atoms with E-state index in [-0.39, 0.29) is 5.69 Å². The molecule has 1 aromatic heterocycles. The largest absolute Gasteiger partial charge is 0.496 e. The second-order valence-corrected chi connectivity index (χ2v) is 3.95. The van der Waals surface area contributed by atoms with Gasteiger partial charge in [-0.15, -0.1) is 0 Å². The minimum atomic E-state index is -0.468. The van der Waals surface area contributed by atoms with Gasteiger partial charge in [0.15, 0.2) is 0 Å². The summed E-state index contributed by atoms with van der Waals surface area (Å²) in [6.07, 6.45) is 1.52. The lowest BCUT2D eigenvalue weighted by atomic mass is 10.2. The summed E-state index contributed by atoms with van der Waals surface area (Å²) in [6, 6.07) is 4.80. The van der Waals surface area contributed by atoms with Crippen molar-refractivity contribution in [3.05, 3.63) is 39.0 Å². The number of rotatable bonds is 2. The lowest BCUT2D eigenvalue weighted by Crippen LogP contribution is -1.94. The molecule has 0 aliphatic rings. The number of ether oxygens (including phenoxy) is 1. The van der Waals surface area contributed by atoms with Gasteiger partial charge in [0.25, 0.3) is 5.69 Å². The Labute approximate surface area is 99.3 Å². The number of pyridine rings is 1. The van der Waals surface area contributed by atoms with Crippen LogP contribution in [0.25, 0.3) is 10.9 Å². The average molecular weight is 283 g/mol. The van der Waals surface area contributed by atoms with E-state index in [1.165, 1.54) is 19.4 Å². The summed E-state index contributed by atoms with van der Waals surface area (Å²) in [5.41, 5.74) is 0.288. The van der Waals surface area contributed by atoms with Crippen molar-refractivity contribution < 1.29 is 9.66 Å². The van der Waals surface area contributed by atoms with E-state index in [0.29, 0.717) is 16.7 Å². The van der Waals surface area contributed by atoms with Gasteiger partial charge in [-0.2, -0.15) is 0 Å². The first-order valence-corrected chi connectivity index (χ1v) is 5.19. The molecule has 1 heterocycles. The van der Waals surface area contributed by atoms with Crippen molar-refractivity contribution in [3.8, 4) is 5.75 Å². The number of methoxy groups -OCH3 is 1. The number of nitrogens with zero attached hydrogens (tertiary/aromatic N) is 2. The molecule has 82 valence electrons.